The summed E-state index contributed by atoms with van der Waals surface area (Å²) in [5.41, 5.74) is 0.986. The van der Waals surface area contributed by atoms with Crippen LogP contribution in [-0.4, -0.2) is 62.9 Å². The minimum absolute atomic E-state index is 0.0169. The molecule has 0 saturated carbocycles. The molecule has 0 aromatic heterocycles. The van der Waals surface area contributed by atoms with E-state index in [4.69, 9.17) is 4.74 Å². The van der Waals surface area contributed by atoms with E-state index in [1.165, 1.54) is 7.05 Å². The number of hydrogen-bond acceptors (Lipinski definition) is 4. The highest BCUT2D eigenvalue weighted by Crippen LogP contribution is 2.15. The van der Waals surface area contributed by atoms with Crippen molar-refractivity contribution in [2.45, 2.75) is 24.8 Å². The maximum absolute atomic E-state index is 12.5. The Labute approximate surface area is 131 Å². The lowest BCUT2D eigenvalue weighted by Crippen LogP contribution is -2.48. The van der Waals surface area contributed by atoms with E-state index >= 15 is 0 Å². The van der Waals surface area contributed by atoms with Crippen LogP contribution in [0.4, 0.5) is 0 Å². The molecule has 0 radical (unpaired) electrons. The maximum Gasteiger partial charge on any atom is 0.243 e. The second kappa shape index (κ2) is 6.76. The Morgan fingerprint density at radius 2 is 2.00 bits per heavy atom. The molecule has 6 nitrogen and oxygen atoms in total. The van der Waals surface area contributed by atoms with Crippen LogP contribution in [0.3, 0.4) is 0 Å². The molecule has 122 valence electrons. The number of carbonyl (C=O) groups excluding carboxylic acids is 1. The van der Waals surface area contributed by atoms with Crippen molar-refractivity contribution in [3.8, 4) is 0 Å². The van der Waals surface area contributed by atoms with Crippen molar-refractivity contribution in [2.75, 3.05) is 33.3 Å². The minimum atomic E-state index is -3.65. The summed E-state index contributed by atoms with van der Waals surface area (Å²) in [6.07, 6.45) is -0.0169. The molecule has 2 rings (SSSR count). The standard InChI is InChI=1S/C15H22N2O4S/c1-12-4-6-14(7-5-12)22(19,20)16(3)11-15(18)17-8-9-21-13(2)10-17/h4-7,13H,8-11H2,1-3H3/t13-/m0/s1. The van der Waals surface area contributed by atoms with Gasteiger partial charge in [-0.15, -0.1) is 0 Å². The lowest BCUT2D eigenvalue weighted by molar-refractivity contribution is -0.138. The van der Waals surface area contributed by atoms with Crippen LogP contribution in [0, 0.1) is 6.92 Å². The van der Waals surface area contributed by atoms with Gasteiger partial charge in [0, 0.05) is 20.1 Å². The van der Waals surface area contributed by atoms with E-state index in [9.17, 15) is 13.2 Å². The zero-order valence-electron chi connectivity index (χ0n) is 13.2. The Kier molecular flexibility index (Phi) is 5.20. The predicted octanol–water partition coefficient (Wildman–Crippen LogP) is 0.863. The molecule has 1 heterocycles. The molecule has 1 atom stereocenters. The van der Waals surface area contributed by atoms with Crippen molar-refractivity contribution in [3.63, 3.8) is 0 Å². The lowest BCUT2D eigenvalue weighted by atomic mass is 10.2. The van der Waals surface area contributed by atoms with Gasteiger partial charge in [0.15, 0.2) is 0 Å². The molecule has 1 fully saturated rings. The Hall–Kier alpha value is -1.44. The zero-order chi connectivity index (χ0) is 16.3. The summed E-state index contributed by atoms with van der Waals surface area (Å²) in [5, 5.41) is 0. The second-order valence-corrected chi connectivity index (χ2v) is 7.64. The van der Waals surface area contributed by atoms with E-state index in [2.05, 4.69) is 0 Å². The number of aryl methyl sites for hydroxylation is 1. The summed E-state index contributed by atoms with van der Waals surface area (Å²) < 4.78 is 31.4. The van der Waals surface area contributed by atoms with Gasteiger partial charge in [-0.1, -0.05) is 17.7 Å². The number of likely N-dealkylation sites (N-methyl/N-ethyl adjacent to an activating group) is 1. The topological polar surface area (TPSA) is 66.9 Å². The Bertz CT molecular complexity index is 627. The molecule has 1 aromatic carbocycles. The van der Waals surface area contributed by atoms with Crippen molar-refractivity contribution in [1.82, 2.24) is 9.21 Å². The first-order chi connectivity index (χ1) is 10.3. The fraction of sp³-hybridized carbons (Fsp3) is 0.533. The zero-order valence-corrected chi connectivity index (χ0v) is 14.0. The van der Waals surface area contributed by atoms with E-state index in [1.54, 1.807) is 29.2 Å². The average Bonchev–Trinajstić information content (AvgIpc) is 2.47. The van der Waals surface area contributed by atoms with Crippen LogP contribution >= 0.6 is 0 Å². The summed E-state index contributed by atoms with van der Waals surface area (Å²) in [6, 6.07) is 6.60. The third kappa shape index (κ3) is 3.85. The van der Waals surface area contributed by atoms with E-state index in [1.807, 2.05) is 13.8 Å². The summed E-state index contributed by atoms with van der Waals surface area (Å²) in [6.45, 7) is 5.11. The van der Waals surface area contributed by atoms with Crippen molar-refractivity contribution in [1.29, 1.82) is 0 Å². The molecule has 1 aromatic rings. The molecular weight excluding hydrogens is 304 g/mol. The number of amides is 1. The number of carbonyl (C=O) groups is 1. The summed E-state index contributed by atoms with van der Waals surface area (Å²) in [4.78, 5) is 14.1. The molecule has 0 aliphatic carbocycles. The van der Waals surface area contributed by atoms with Crippen LogP contribution in [0.1, 0.15) is 12.5 Å². The summed E-state index contributed by atoms with van der Waals surface area (Å²) in [7, 11) is -2.22. The molecular formula is C15H22N2O4S. The van der Waals surface area contributed by atoms with Crippen LogP contribution in [0.5, 0.6) is 0 Å². The SMILES string of the molecule is Cc1ccc(S(=O)(=O)N(C)CC(=O)N2CCO[C@@H](C)C2)cc1. The van der Waals surface area contributed by atoms with E-state index < -0.39 is 10.0 Å². The quantitative estimate of drug-likeness (QED) is 0.823. The van der Waals surface area contributed by atoms with Gasteiger partial charge >= 0.3 is 0 Å². The van der Waals surface area contributed by atoms with Crippen molar-refractivity contribution in [2.24, 2.45) is 0 Å². The molecule has 0 spiro atoms. The molecule has 1 amide bonds. The largest absolute Gasteiger partial charge is 0.375 e. The first-order valence-electron chi connectivity index (χ1n) is 7.23. The first-order valence-corrected chi connectivity index (χ1v) is 8.67. The van der Waals surface area contributed by atoms with Crippen molar-refractivity contribution >= 4 is 15.9 Å². The fourth-order valence-electron chi connectivity index (χ4n) is 2.31. The van der Waals surface area contributed by atoms with Gasteiger partial charge in [-0.05, 0) is 26.0 Å². The van der Waals surface area contributed by atoms with Gasteiger partial charge in [-0.2, -0.15) is 4.31 Å². The molecule has 1 aliphatic rings. The monoisotopic (exact) mass is 326 g/mol. The number of hydrogen-bond donors (Lipinski definition) is 0. The van der Waals surface area contributed by atoms with E-state index in [0.29, 0.717) is 19.7 Å². The van der Waals surface area contributed by atoms with Gasteiger partial charge in [0.05, 0.1) is 24.2 Å². The highest BCUT2D eigenvalue weighted by atomic mass is 32.2. The van der Waals surface area contributed by atoms with Crippen LogP contribution < -0.4 is 0 Å². The molecule has 0 N–H and O–H groups in total. The molecule has 22 heavy (non-hydrogen) atoms. The molecule has 0 unspecified atom stereocenters. The van der Waals surface area contributed by atoms with Gasteiger partial charge in [0.1, 0.15) is 0 Å². The minimum Gasteiger partial charge on any atom is -0.375 e. The Morgan fingerprint density at radius 1 is 1.36 bits per heavy atom. The lowest BCUT2D eigenvalue weighted by Gasteiger charge is -2.32. The fourth-order valence-corrected chi connectivity index (χ4v) is 3.43. The number of sulfonamides is 1. The smallest absolute Gasteiger partial charge is 0.243 e. The normalized spacial score (nSPS) is 19.5. The van der Waals surface area contributed by atoms with Gasteiger partial charge in [0.2, 0.25) is 15.9 Å². The molecule has 0 bridgehead atoms. The molecule has 7 heteroatoms. The van der Waals surface area contributed by atoms with Crippen molar-refractivity contribution in [3.05, 3.63) is 29.8 Å². The Morgan fingerprint density at radius 3 is 2.59 bits per heavy atom. The molecule has 1 saturated heterocycles. The Balaban J connectivity index is 2.05. The van der Waals surface area contributed by atoms with Crippen LogP contribution in [0.15, 0.2) is 29.2 Å². The van der Waals surface area contributed by atoms with Gasteiger partial charge in [-0.3, -0.25) is 4.79 Å². The maximum atomic E-state index is 12.5. The van der Waals surface area contributed by atoms with Crippen LogP contribution in [0.25, 0.3) is 0 Å². The van der Waals surface area contributed by atoms with Gasteiger partial charge in [0.25, 0.3) is 0 Å². The van der Waals surface area contributed by atoms with Gasteiger partial charge in [-0.25, -0.2) is 8.42 Å². The van der Waals surface area contributed by atoms with Crippen molar-refractivity contribution < 1.29 is 17.9 Å². The van der Waals surface area contributed by atoms with E-state index in [0.717, 1.165) is 9.87 Å². The second-order valence-electron chi connectivity index (χ2n) is 5.60. The summed E-state index contributed by atoms with van der Waals surface area (Å²) in [5.74, 6) is -0.201. The number of nitrogens with zero attached hydrogens (tertiary/aromatic N) is 2. The first kappa shape index (κ1) is 16.9. The van der Waals surface area contributed by atoms with Crippen LogP contribution in [-0.2, 0) is 19.6 Å². The van der Waals surface area contributed by atoms with Crippen LogP contribution in [0.2, 0.25) is 0 Å². The van der Waals surface area contributed by atoms with Gasteiger partial charge < -0.3 is 9.64 Å². The third-order valence-electron chi connectivity index (χ3n) is 3.68. The summed E-state index contributed by atoms with van der Waals surface area (Å²) >= 11 is 0. The third-order valence-corrected chi connectivity index (χ3v) is 5.50. The highest BCUT2D eigenvalue weighted by molar-refractivity contribution is 7.89. The predicted molar refractivity (Wildman–Crippen MR) is 83.0 cm³/mol. The number of ether oxygens (including phenoxy) is 1. The molecule has 1 aliphatic heterocycles. The number of morpholine rings is 1. The average molecular weight is 326 g/mol. The number of benzene rings is 1. The highest BCUT2D eigenvalue weighted by Gasteiger charge is 2.27. The number of rotatable bonds is 4. The van der Waals surface area contributed by atoms with E-state index in [-0.39, 0.29) is 23.5 Å².